The Bertz CT molecular complexity index is 726. The molecule has 2 amide bonds. The first kappa shape index (κ1) is 15.9. The summed E-state index contributed by atoms with van der Waals surface area (Å²) in [6.07, 6.45) is 7.60. The first-order chi connectivity index (χ1) is 12.2. The number of nitrogens with zero attached hydrogens (tertiary/aromatic N) is 4. The molecule has 2 saturated heterocycles. The Morgan fingerprint density at radius 3 is 3.00 bits per heavy atom. The monoisotopic (exact) mass is 342 g/mol. The number of amides is 2. The van der Waals surface area contributed by atoms with Gasteiger partial charge in [-0.25, -0.2) is 0 Å². The van der Waals surface area contributed by atoms with Crippen LogP contribution in [0, 0.1) is 5.92 Å². The second-order valence-electron chi connectivity index (χ2n) is 6.82. The van der Waals surface area contributed by atoms with Gasteiger partial charge < -0.3 is 14.2 Å². The van der Waals surface area contributed by atoms with E-state index < -0.39 is 0 Å². The van der Waals surface area contributed by atoms with Crippen LogP contribution in [0.25, 0.3) is 0 Å². The number of carbonyl (C=O) groups is 2. The van der Waals surface area contributed by atoms with Crippen molar-refractivity contribution in [3.8, 4) is 0 Å². The van der Waals surface area contributed by atoms with Gasteiger partial charge in [0.25, 0.3) is 0 Å². The summed E-state index contributed by atoms with van der Waals surface area (Å²) < 4.78 is 7.25. The predicted octanol–water partition coefficient (Wildman–Crippen LogP) is 1.69. The zero-order valence-corrected chi connectivity index (χ0v) is 14.1. The van der Waals surface area contributed by atoms with E-state index in [1.54, 1.807) is 17.4 Å². The topological polar surface area (TPSA) is 71.6 Å². The largest absolute Gasteiger partial charge is 0.467 e. The zero-order valence-electron chi connectivity index (χ0n) is 14.1. The van der Waals surface area contributed by atoms with Crippen molar-refractivity contribution in [2.75, 3.05) is 19.6 Å². The second kappa shape index (κ2) is 6.74. The highest BCUT2D eigenvalue weighted by Crippen LogP contribution is 2.26. The van der Waals surface area contributed by atoms with Crippen molar-refractivity contribution in [1.82, 2.24) is 19.6 Å². The number of hydrogen-bond acceptors (Lipinski definition) is 4. The summed E-state index contributed by atoms with van der Waals surface area (Å²) in [6, 6.07) is 5.79. The number of furan rings is 1. The van der Waals surface area contributed by atoms with E-state index in [1.807, 2.05) is 34.0 Å². The van der Waals surface area contributed by atoms with Crippen LogP contribution in [-0.2, 0) is 16.1 Å². The fourth-order valence-electron chi connectivity index (χ4n) is 3.81. The van der Waals surface area contributed by atoms with Crippen LogP contribution in [-0.4, -0.2) is 51.0 Å². The second-order valence-corrected chi connectivity index (χ2v) is 6.82. The fourth-order valence-corrected chi connectivity index (χ4v) is 3.81. The lowest BCUT2D eigenvalue weighted by Crippen LogP contribution is -2.44. The van der Waals surface area contributed by atoms with Gasteiger partial charge in [0.15, 0.2) is 0 Å². The van der Waals surface area contributed by atoms with Crippen LogP contribution < -0.4 is 0 Å². The van der Waals surface area contributed by atoms with Crippen LogP contribution in [0.2, 0.25) is 0 Å². The molecule has 2 aliphatic rings. The van der Waals surface area contributed by atoms with E-state index in [0.717, 1.165) is 25.1 Å². The molecule has 132 valence electrons. The molecule has 0 radical (unpaired) electrons. The third kappa shape index (κ3) is 3.31. The van der Waals surface area contributed by atoms with E-state index in [1.165, 1.54) is 0 Å². The molecule has 0 bridgehead atoms. The molecule has 4 heterocycles. The Hall–Kier alpha value is -2.57. The lowest BCUT2D eigenvalue weighted by Gasteiger charge is -2.34. The molecule has 0 spiro atoms. The smallest absolute Gasteiger partial charge is 0.228 e. The van der Waals surface area contributed by atoms with Crippen LogP contribution in [0.5, 0.6) is 0 Å². The summed E-state index contributed by atoms with van der Waals surface area (Å²) in [5.41, 5.74) is 0. The molecule has 0 unspecified atom stereocenters. The Morgan fingerprint density at radius 2 is 2.24 bits per heavy atom. The van der Waals surface area contributed by atoms with Gasteiger partial charge in [0.05, 0.1) is 24.8 Å². The molecular formula is C18H22N4O3. The number of likely N-dealkylation sites (tertiary alicyclic amines) is 2. The molecule has 0 saturated carbocycles. The van der Waals surface area contributed by atoms with Gasteiger partial charge in [-0.05, 0) is 31.0 Å². The Kier molecular flexibility index (Phi) is 4.29. The van der Waals surface area contributed by atoms with Crippen molar-refractivity contribution in [1.29, 1.82) is 0 Å². The summed E-state index contributed by atoms with van der Waals surface area (Å²) in [5.74, 6) is 0.611. The quantitative estimate of drug-likeness (QED) is 0.848. The lowest BCUT2D eigenvalue weighted by atomic mass is 10.0. The zero-order chi connectivity index (χ0) is 17.2. The van der Waals surface area contributed by atoms with Crippen LogP contribution in [0.15, 0.2) is 41.3 Å². The van der Waals surface area contributed by atoms with Crippen molar-refractivity contribution in [2.45, 2.75) is 31.8 Å². The molecule has 2 aromatic rings. The summed E-state index contributed by atoms with van der Waals surface area (Å²) in [5, 5.41) is 4.30. The average molecular weight is 342 g/mol. The molecule has 2 fully saturated rings. The maximum absolute atomic E-state index is 12.9. The molecule has 2 aromatic heterocycles. The standard InChI is InChI=1S/C18H22N4O3/c23-17-10-14(11-21(17)13-16-5-2-9-25-16)18(24)20-7-1-4-15(12-20)22-8-3-6-19-22/h2-3,5-6,8-9,14-15H,1,4,7,10-13H2/t14-,15-/m1/s1. The maximum atomic E-state index is 12.9. The molecule has 2 atom stereocenters. The highest BCUT2D eigenvalue weighted by molar-refractivity contribution is 5.89. The average Bonchev–Trinajstić information content (AvgIpc) is 3.38. The minimum absolute atomic E-state index is 0.0235. The maximum Gasteiger partial charge on any atom is 0.228 e. The minimum Gasteiger partial charge on any atom is -0.467 e. The molecule has 0 N–H and O–H groups in total. The normalized spacial score (nSPS) is 24.1. The number of carbonyl (C=O) groups excluding carboxylic acids is 2. The van der Waals surface area contributed by atoms with Gasteiger partial charge in [0.1, 0.15) is 5.76 Å². The first-order valence-corrected chi connectivity index (χ1v) is 8.79. The summed E-state index contributed by atoms with van der Waals surface area (Å²) in [7, 11) is 0. The van der Waals surface area contributed by atoms with Crippen molar-refractivity contribution in [2.24, 2.45) is 5.92 Å². The van der Waals surface area contributed by atoms with E-state index in [9.17, 15) is 9.59 Å². The summed E-state index contributed by atoms with van der Waals surface area (Å²) in [6.45, 7) is 2.34. The van der Waals surface area contributed by atoms with Gasteiger partial charge in [-0.3, -0.25) is 14.3 Å². The van der Waals surface area contributed by atoms with Crippen molar-refractivity contribution in [3.05, 3.63) is 42.6 Å². The van der Waals surface area contributed by atoms with Gasteiger partial charge in [-0.1, -0.05) is 0 Å². The number of hydrogen-bond donors (Lipinski definition) is 0. The molecule has 0 aliphatic carbocycles. The third-order valence-electron chi connectivity index (χ3n) is 5.10. The van der Waals surface area contributed by atoms with Gasteiger partial charge in [0, 0.05) is 38.4 Å². The Balaban J connectivity index is 1.38. The number of rotatable bonds is 4. The molecule has 25 heavy (non-hydrogen) atoms. The predicted molar refractivity (Wildman–Crippen MR) is 89.3 cm³/mol. The molecule has 2 aliphatic heterocycles. The number of piperidine rings is 1. The molecule has 7 heteroatoms. The highest BCUT2D eigenvalue weighted by atomic mass is 16.3. The van der Waals surface area contributed by atoms with Crippen LogP contribution in [0.3, 0.4) is 0 Å². The fraction of sp³-hybridized carbons (Fsp3) is 0.500. The van der Waals surface area contributed by atoms with E-state index in [0.29, 0.717) is 26.1 Å². The first-order valence-electron chi connectivity index (χ1n) is 8.79. The Labute approximate surface area is 146 Å². The van der Waals surface area contributed by atoms with Gasteiger partial charge in [0.2, 0.25) is 11.8 Å². The van der Waals surface area contributed by atoms with Crippen molar-refractivity contribution < 1.29 is 14.0 Å². The van der Waals surface area contributed by atoms with E-state index >= 15 is 0 Å². The molecule has 4 rings (SSSR count). The van der Waals surface area contributed by atoms with Crippen LogP contribution >= 0.6 is 0 Å². The minimum atomic E-state index is -0.251. The van der Waals surface area contributed by atoms with E-state index in [2.05, 4.69) is 5.10 Å². The van der Waals surface area contributed by atoms with Gasteiger partial charge in [-0.2, -0.15) is 5.10 Å². The third-order valence-corrected chi connectivity index (χ3v) is 5.10. The van der Waals surface area contributed by atoms with Gasteiger partial charge >= 0.3 is 0 Å². The summed E-state index contributed by atoms with van der Waals surface area (Å²) >= 11 is 0. The van der Waals surface area contributed by atoms with E-state index in [4.69, 9.17) is 4.42 Å². The van der Waals surface area contributed by atoms with Crippen LogP contribution in [0.1, 0.15) is 31.1 Å². The van der Waals surface area contributed by atoms with E-state index in [-0.39, 0.29) is 23.8 Å². The number of aromatic nitrogens is 2. The molecule has 0 aromatic carbocycles. The van der Waals surface area contributed by atoms with Crippen molar-refractivity contribution in [3.63, 3.8) is 0 Å². The SMILES string of the molecule is O=C1C[C@@H](C(=O)N2CCC[C@@H](n3cccn3)C2)CN1Cc1ccco1. The van der Waals surface area contributed by atoms with Gasteiger partial charge in [-0.15, -0.1) is 0 Å². The van der Waals surface area contributed by atoms with Crippen LogP contribution in [0.4, 0.5) is 0 Å². The Morgan fingerprint density at radius 1 is 1.32 bits per heavy atom. The highest BCUT2D eigenvalue weighted by Gasteiger charge is 2.38. The van der Waals surface area contributed by atoms with Crippen molar-refractivity contribution >= 4 is 11.8 Å². The lowest BCUT2D eigenvalue weighted by molar-refractivity contribution is -0.137. The molecule has 7 nitrogen and oxygen atoms in total. The molecular weight excluding hydrogens is 320 g/mol. The summed E-state index contributed by atoms with van der Waals surface area (Å²) in [4.78, 5) is 28.8.